The second-order valence-corrected chi connectivity index (χ2v) is 3.89. The van der Waals surface area contributed by atoms with E-state index >= 15 is 0 Å². The summed E-state index contributed by atoms with van der Waals surface area (Å²) in [6, 6.07) is 0. The summed E-state index contributed by atoms with van der Waals surface area (Å²) >= 11 is 0. The first-order chi connectivity index (χ1) is 5.08. The summed E-state index contributed by atoms with van der Waals surface area (Å²) in [6.45, 7) is 12.5. The summed E-state index contributed by atoms with van der Waals surface area (Å²) in [5.41, 5.74) is 1.16. The van der Waals surface area contributed by atoms with Crippen LogP contribution in [0, 0.1) is 5.92 Å². The van der Waals surface area contributed by atoms with Gasteiger partial charge in [-0.15, -0.1) is 0 Å². The van der Waals surface area contributed by atoms with Crippen LogP contribution in [0.4, 0.5) is 0 Å². The maximum absolute atomic E-state index is 4.02. The van der Waals surface area contributed by atoms with Crippen molar-refractivity contribution in [1.82, 2.24) is 0 Å². The molecule has 0 amide bonds. The number of nitrogens with zero attached hydrogens (tertiary/aromatic N) is 1. The number of likely N-dealkylation sites (tertiary alicyclic amines) is 1. The first kappa shape index (κ1) is 8.54. The fourth-order valence-corrected chi connectivity index (χ4v) is 1.86. The van der Waals surface area contributed by atoms with E-state index in [4.69, 9.17) is 0 Å². The van der Waals surface area contributed by atoms with Gasteiger partial charge in [-0.25, -0.2) is 0 Å². The number of allylic oxidation sites excluding steroid dienone is 1. The van der Waals surface area contributed by atoms with Gasteiger partial charge in [-0.2, -0.15) is 0 Å². The van der Waals surface area contributed by atoms with Crippen molar-refractivity contribution < 1.29 is 4.48 Å². The van der Waals surface area contributed by atoms with Crippen LogP contribution in [0.5, 0.6) is 0 Å². The molecule has 0 radical (unpaired) electrons. The molecule has 0 aromatic carbocycles. The largest absolute Gasteiger partial charge is 0.294 e. The zero-order chi connectivity index (χ0) is 8.48. The van der Waals surface area contributed by atoms with Crippen molar-refractivity contribution in [2.45, 2.75) is 13.3 Å². The topological polar surface area (TPSA) is 0 Å². The normalized spacial score (nSPS) is 37.1. The summed E-state index contributed by atoms with van der Waals surface area (Å²) in [7, 11) is 2.24. The first-order valence-electron chi connectivity index (χ1n) is 4.25. The van der Waals surface area contributed by atoms with Gasteiger partial charge < -0.3 is 0 Å². The molecule has 1 rings (SSSR count). The van der Waals surface area contributed by atoms with Crippen LogP contribution >= 0.6 is 0 Å². The van der Waals surface area contributed by atoms with E-state index in [-0.39, 0.29) is 0 Å². The first-order valence-corrected chi connectivity index (χ1v) is 4.25. The van der Waals surface area contributed by atoms with Gasteiger partial charge in [0.15, 0.2) is 0 Å². The van der Waals surface area contributed by atoms with Crippen LogP contribution in [-0.4, -0.2) is 24.6 Å². The Morgan fingerprint density at radius 2 is 2.27 bits per heavy atom. The molecule has 1 heteroatoms. The van der Waals surface area contributed by atoms with Gasteiger partial charge in [-0.1, -0.05) is 13.5 Å². The van der Waals surface area contributed by atoms with E-state index in [1.54, 1.807) is 0 Å². The van der Waals surface area contributed by atoms with E-state index in [1.807, 2.05) is 6.08 Å². The molecule has 0 aromatic heterocycles. The van der Waals surface area contributed by atoms with Gasteiger partial charge in [-0.05, 0) is 12.7 Å². The third-order valence-corrected chi connectivity index (χ3v) is 2.76. The van der Waals surface area contributed by atoms with E-state index < -0.39 is 0 Å². The van der Waals surface area contributed by atoms with Crippen molar-refractivity contribution in [3.63, 3.8) is 0 Å². The Bertz CT molecular complexity index is 183. The Labute approximate surface area is 69.6 Å². The summed E-state index contributed by atoms with van der Waals surface area (Å²) < 4.78 is 1.00. The molecular weight excluding hydrogens is 134 g/mol. The summed E-state index contributed by atoms with van der Waals surface area (Å²) in [5.74, 6) is 0.844. The van der Waals surface area contributed by atoms with Gasteiger partial charge in [0.1, 0.15) is 5.70 Å². The summed E-state index contributed by atoms with van der Waals surface area (Å²) in [4.78, 5) is 0. The second kappa shape index (κ2) is 2.82. The highest BCUT2D eigenvalue weighted by Gasteiger charge is 2.33. The minimum absolute atomic E-state index is 0.844. The smallest absolute Gasteiger partial charge is 0.124 e. The Hall–Kier alpha value is -0.560. The molecule has 1 nitrogen and oxygen atoms in total. The van der Waals surface area contributed by atoms with Gasteiger partial charge >= 0.3 is 0 Å². The van der Waals surface area contributed by atoms with Crippen LogP contribution in [0.2, 0.25) is 0 Å². The molecule has 0 bridgehead atoms. The fraction of sp³-hybridized carbons (Fsp3) is 0.600. The van der Waals surface area contributed by atoms with Crippen LogP contribution < -0.4 is 0 Å². The van der Waals surface area contributed by atoms with E-state index in [0.29, 0.717) is 0 Å². The average Bonchev–Trinajstić information content (AvgIpc) is 2.31. The molecule has 0 N–H and O–H groups in total. The molecule has 1 aliphatic rings. The van der Waals surface area contributed by atoms with E-state index in [2.05, 4.69) is 27.1 Å². The number of hydrogen-bond acceptors (Lipinski definition) is 0. The lowest BCUT2D eigenvalue weighted by Crippen LogP contribution is -2.39. The highest BCUT2D eigenvalue weighted by Crippen LogP contribution is 2.26. The lowest BCUT2D eigenvalue weighted by atomic mass is 10.2. The SMILES string of the molecule is C=CC(=C)[N+]1(C)CCC(C)C1. The van der Waals surface area contributed by atoms with Crippen molar-refractivity contribution in [1.29, 1.82) is 0 Å². The molecule has 1 fully saturated rings. The minimum atomic E-state index is 0.844. The summed E-state index contributed by atoms with van der Waals surface area (Å²) in [5, 5.41) is 0. The lowest BCUT2D eigenvalue weighted by Gasteiger charge is -2.29. The van der Waals surface area contributed by atoms with Gasteiger partial charge in [0.25, 0.3) is 0 Å². The number of hydrogen-bond donors (Lipinski definition) is 0. The van der Waals surface area contributed by atoms with Crippen LogP contribution in [0.15, 0.2) is 24.9 Å². The molecule has 2 atom stereocenters. The number of quaternary nitrogens is 1. The van der Waals surface area contributed by atoms with Crippen molar-refractivity contribution >= 4 is 0 Å². The zero-order valence-electron chi connectivity index (χ0n) is 7.64. The molecule has 1 aliphatic heterocycles. The number of rotatable bonds is 2. The molecule has 2 unspecified atom stereocenters. The van der Waals surface area contributed by atoms with Gasteiger partial charge in [0, 0.05) is 12.3 Å². The van der Waals surface area contributed by atoms with Gasteiger partial charge in [0.2, 0.25) is 0 Å². The Balaban J connectivity index is 2.68. The second-order valence-electron chi connectivity index (χ2n) is 3.89. The Kier molecular flexibility index (Phi) is 2.19. The molecule has 0 aliphatic carbocycles. The molecular formula is C10H18N+. The van der Waals surface area contributed by atoms with Crippen molar-refractivity contribution in [3.05, 3.63) is 24.9 Å². The molecule has 62 valence electrons. The Morgan fingerprint density at radius 3 is 2.64 bits per heavy atom. The van der Waals surface area contributed by atoms with Crippen molar-refractivity contribution in [2.75, 3.05) is 20.1 Å². The average molecular weight is 152 g/mol. The van der Waals surface area contributed by atoms with Crippen LogP contribution in [-0.2, 0) is 0 Å². The molecule has 1 heterocycles. The predicted octanol–water partition coefficient (Wildman–Crippen LogP) is 2.17. The maximum Gasteiger partial charge on any atom is 0.124 e. The fourth-order valence-electron chi connectivity index (χ4n) is 1.86. The third-order valence-electron chi connectivity index (χ3n) is 2.76. The standard InChI is InChI=1S/C10H18N/c1-5-10(3)11(4)7-6-9(2)8-11/h5,9H,1,3,6-8H2,2,4H3/q+1. The molecule has 0 aromatic rings. The molecule has 1 saturated heterocycles. The maximum atomic E-state index is 4.02. The van der Waals surface area contributed by atoms with Crippen LogP contribution in [0.1, 0.15) is 13.3 Å². The lowest BCUT2D eigenvalue weighted by molar-refractivity contribution is -0.858. The third kappa shape index (κ3) is 1.54. The van der Waals surface area contributed by atoms with Crippen LogP contribution in [0.3, 0.4) is 0 Å². The van der Waals surface area contributed by atoms with E-state index in [9.17, 15) is 0 Å². The molecule has 0 spiro atoms. The van der Waals surface area contributed by atoms with Crippen molar-refractivity contribution in [2.24, 2.45) is 5.92 Å². The van der Waals surface area contributed by atoms with Crippen molar-refractivity contribution in [3.8, 4) is 0 Å². The molecule has 11 heavy (non-hydrogen) atoms. The monoisotopic (exact) mass is 152 g/mol. The highest BCUT2D eigenvalue weighted by molar-refractivity contribution is 5.03. The zero-order valence-corrected chi connectivity index (χ0v) is 7.64. The molecule has 0 saturated carbocycles. The van der Waals surface area contributed by atoms with E-state index in [1.165, 1.54) is 19.5 Å². The summed E-state index contributed by atoms with van der Waals surface area (Å²) in [6.07, 6.45) is 3.21. The number of likely N-dealkylation sites (N-methyl/N-ethyl adjacent to an activating group) is 1. The van der Waals surface area contributed by atoms with E-state index in [0.717, 1.165) is 16.1 Å². The van der Waals surface area contributed by atoms with Crippen LogP contribution in [0.25, 0.3) is 0 Å². The highest BCUT2D eigenvalue weighted by atomic mass is 15.4. The quantitative estimate of drug-likeness (QED) is 0.420. The van der Waals surface area contributed by atoms with Gasteiger partial charge in [-0.3, -0.25) is 4.48 Å². The minimum Gasteiger partial charge on any atom is -0.294 e. The Morgan fingerprint density at radius 1 is 1.64 bits per heavy atom. The van der Waals surface area contributed by atoms with Gasteiger partial charge in [0.05, 0.1) is 20.1 Å². The predicted molar refractivity (Wildman–Crippen MR) is 49.0 cm³/mol.